The first-order valence-electron chi connectivity index (χ1n) is 10.2. The minimum atomic E-state index is -0.504. The van der Waals surface area contributed by atoms with Crippen molar-refractivity contribution in [2.75, 3.05) is 26.3 Å². The summed E-state index contributed by atoms with van der Waals surface area (Å²) in [6.07, 6.45) is 0.0732. The van der Waals surface area contributed by atoms with Crippen LogP contribution in [0.4, 0.5) is 5.69 Å². The van der Waals surface area contributed by atoms with E-state index < -0.39 is 5.92 Å². The van der Waals surface area contributed by atoms with E-state index in [4.69, 9.17) is 18.9 Å². The molecule has 1 unspecified atom stereocenters. The second kappa shape index (κ2) is 9.09. The topological polar surface area (TPSA) is 86.3 Å². The number of ether oxygens (including phenoxy) is 4. The number of aromatic hydroxyl groups is 1. The maximum atomic E-state index is 13.0. The summed E-state index contributed by atoms with van der Waals surface area (Å²) in [5.74, 6) is 1.39. The van der Waals surface area contributed by atoms with Crippen molar-refractivity contribution < 1.29 is 28.8 Å². The number of amides is 1. The number of carbonyl (C=O) groups is 1. The van der Waals surface area contributed by atoms with Gasteiger partial charge in [-0.05, 0) is 36.8 Å². The van der Waals surface area contributed by atoms with Crippen molar-refractivity contribution in [2.24, 2.45) is 0 Å². The second-order valence-corrected chi connectivity index (χ2v) is 7.55. The lowest BCUT2D eigenvalue weighted by molar-refractivity contribution is -0.116. The number of carbonyl (C=O) groups excluding carboxylic acids is 1. The number of benzene rings is 3. The number of anilines is 1. The van der Waals surface area contributed by atoms with Gasteiger partial charge in [-0.2, -0.15) is 0 Å². The molecular formula is C25H25NO6. The number of hydrogen-bond acceptors (Lipinski definition) is 6. The first kappa shape index (κ1) is 21.4. The first-order chi connectivity index (χ1) is 15.5. The van der Waals surface area contributed by atoms with E-state index in [1.54, 1.807) is 12.1 Å². The average Bonchev–Trinajstić information content (AvgIpc) is 3.26. The lowest BCUT2D eigenvalue weighted by Crippen LogP contribution is -2.17. The lowest BCUT2D eigenvalue weighted by atomic mass is 9.86. The monoisotopic (exact) mass is 435 g/mol. The summed E-state index contributed by atoms with van der Waals surface area (Å²) in [6.45, 7) is 2.13. The molecular weight excluding hydrogens is 410 g/mol. The summed E-state index contributed by atoms with van der Waals surface area (Å²) < 4.78 is 21.7. The van der Waals surface area contributed by atoms with E-state index in [2.05, 4.69) is 5.32 Å². The quantitative estimate of drug-likeness (QED) is 0.564. The van der Waals surface area contributed by atoms with Crippen LogP contribution in [0.15, 0.2) is 54.6 Å². The largest absolute Gasteiger partial charge is 0.507 e. The fourth-order valence-electron chi connectivity index (χ4n) is 3.78. The number of phenols is 1. The Balaban J connectivity index is 1.72. The van der Waals surface area contributed by atoms with Crippen LogP contribution in [0.3, 0.4) is 0 Å². The summed E-state index contributed by atoms with van der Waals surface area (Å²) in [6, 6.07) is 16.3. The molecule has 3 aromatic rings. The lowest BCUT2D eigenvalue weighted by Gasteiger charge is -2.22. The van der Waals surface area contributed by atoms with Gasteiger partial charge < -0.3 is 29.4 Å². The minimum absolute atomic E-state index is 0.0213. The highest BCUT2D eigenvalue weighted by Crippen LogP contribution is 2.45. The summed E-state index contributed by atoms with van der Waals surface area (Å²) >= 11 is 0. The van der Waals surface area contributed by atoms with Gasteiger partial charge in [0.05, 0.1) is 14.2 Å². The molecule has 2 N–H and O–H groups in total. The highest BCUT2D eigenvalue weighted by atomic mass is 16.7. The van der Waals surface area contributed by atoms with E-state index in [0.717, 1.165) is 11.1 Å². The molecule has 7 nitrogen and oxygen atoms in total. The van der Waals surface area contributed by atoms with Crippen LogP contribution in [0.2, 0.25) is 0 Å². The fourth-order valence-corrected chi connectivity index (χ4v) is 3.78. The third-order valence-electron chi connectivity index (χ3n) is 5.42. The Labute approximate surface area is 186 Å². The number of rotatable bonds is 7. The number of phenolic OH excluding ortho intramolecular Hbond substituents is 1. The minimum Gasteiger partial charge on any atom is -0.507 e. The normalized spacial score (nSPS) is 12.8. The van der Waals surface area contributed by atoms with Crippen LogP contribution in [0.1, 0.15) is 29.0 Å². The van der Waals surface area contributed by atoms with Crippen molar-refractivity contribution in [3.63, 3.8) is 0 Å². The number of methoxy groups -OCH3 is 2. The van der Waals surface area contributed by atoms with E-state index in [1.165, 1.54) is 20.3 Å². The van der Waals surface area contributed by atoms with Gasteiger partial charge in [-0.1, -0.05) is 23.8 Å². The van der Waals surface area contributed by atoms with E-state index in [-0.39, 0.29) is 24.9 Å². The Morgan fingerprint density at radius 2 is 1.78 bits per heavy atom. The maximum Gasteiger partial charge on any atom is 0.231 e. The molecule has 1 aliphatic heterocycles. The molecule has 7 heteroatoms. The molecule has 4 rings (SSSR count). The molecule has 0 fully saturated rings. The highest BCUT2D eigenvalue weighted by Gasteiger charge is 2.28. The van der Waals surface area contributed by atoms with Gasteiger partial charge in [0.15, 0.2) is 11.5 Å². The van der Waals surface area contributed by atoms with Gasteiger partial charge in [-0.15, -0.1) is 0 Å². The fraction of sp³-hybridized carbons (Fsp3) is 0.240. The van der Waals surface area contributed by atoms with Crippen LogP contribution >= 0.6 is 0 Å². The van der Waals surface area contributed by atoms with Crippen molar-refractivity contribution in [3.8, 4) is 28.7 Å². The van der Waals surface area contributed by atoms with Crippen molar-refractivity contribution in [2.45, 2.75) is 19.3 Å². The summed E-state index contributed by atoms with van der Waals surface area (Å²) in [7, 11) is 3.03. The van der Waals surface area contributed by atoms with Crippen LogP contribution < -0.4 is 24.3 Å². The maximum absolute atomic E-state index is 13.0. The average molecular weight is 435 g/mol. The van der Waals surface area contributed by atoms with Gasteiger partial charge in [0, 0.05) is 35.7 Å². The number of hydrogen-bond donors (Lipinski definition) is 2. The molecule has 0 saturated carbocycles. The highest BCUT2D eigenvalue weighted by molar-refractivity contribution is 5.91. The smallest absolute Gasteiger partial charge is 0.231 e. The third-order valence-corrected chi connectivity index (χ3v) is 5.42. The van der Waals surface area contributed by atoms with Gasteiger partial charge in [-0.3, -0.25) is 4.79 Å². The molecule has 0 saturated heterocycles. The summed E-state index contributed by atoms with van der Waals surface area (Å²) in [5, 5.41) is 13.8. The molecule has 1 atom stereocenters. The molecule has 0 radical (unpaired) electrons. The molecule has 166 valence electrons. The zero-order valence-electron chi connectivity index (χ0n) is 18.2. The van der Waals surface area contributed by atoms with Crippen LogP contribution in [0, 0.1) is 6.92 Å². The predicted octanol–water partition coefficient (Wildman–Crippen LogP) is 4.61. The Morgan fingerprint density at radius 1 is 1.03 bits per heavy atom. The zero-order chi connectivity index (χ0) is 22.7. The number of nitrogens with one attached hydrogen (secondary N) is 1. The predicted molar refractivity (Wildman–Crippen MR) is 120 cm³/mol. The van der Waals surface area contributed by atoms with Crippen molar-refractivity contribution in [1.82, 2.24) is 0 Å². The molecule has 3 aromatic carbocycles. The Bertz CT molecular complexity index is 1130. The van der Waals surface area contributed by atoms with Crippen molar-refractivity contribution in [1.29, 1.82) is 0 Å². The van der Waals surface area contributed by atoms with Crippen LogP contribution in [0.5, 0.6) is 28.7 Å². The van der Waals surface area contributed by atoms with Gasteiger partial charge in [0.25, 0.3) is 0 Å². The van der Waals surface area contributed by atoms with Crippen molar-refractivity contribution in [3.05, 3.63) is 71.3 Å². The van der Waals surface area contributed by atoms with Gasteiger partial charge in [0.1, 0.15) is 17.2 Å². The molecule has 0 aromatic heterocycles. The molecule has 0 spiro atoms. The third kappa shape index (κ3) is 4.42. The zero-order valence-corrected chi connectivity index (χ0v) is 18.2. The van der Waals surface area contributed by atoms with E-state index in [9.17, 15) is 9.90 Å². The van der Waals surface area contributed by atoms with E-state index >= 15 is 0 Å². The Hall–Kier alpha value is -3.87. The van der Waals surface area contributed by atoms with Crippen LogP contribution in [0.25, 0.3) is 0 Å². The van der Waals surface area contributed by atoms with Crippen LogP contribution in [-0.4, -0.2) is 32.0 Å². The first-order valence-corrected chi connectivity index (χ1v) is 10.2. The van der Waals surface area contributed by atoms with E-state index in [0.29, 0.717) is 34.2 Å². The molecule has 1 heterocycles. The van der Waals surface area contributed by atoms with Crippen molar-refractivity contribution >= 4 is 11.6 Å². The standard InChI is InChI=1S/C25H25NO6/c1-15-4-7-17(8-5-15)26-24(28)13-19(16-6-9-21-22(10-16)32-14-31-21)25-20(27)11-18(29-2)12-23(25)30-3/h4-12,19,27H,13-14H2,1-3H3,(H,26,28). The Kier molecular flexibility index (Phi) is 6.07. The molecule has 32 heavy (non-hydrogen) atoms. The van der Waals surface area contributed by atoms with Crippen LogP contribution in [-0.2, 0) is 4.79 Å². The molecule has 1 aliphatic rings. The molecule has 0 aliphatic carbocycles. The van der Waals surface area contributed by atoms with Gasteiger partial charge >= 0.3 is 0 Å². The second-order valence-electron chi connectivity index (χ2n) is 7.55. The summed E-state index contributed by atoms with van der Waals surface area (Å²) in [5.41, 5.74) is 3.09. The van der Waals surface area contributed by atoms with Gasteiger partial charge in [0.2, 0.25) is 12.7 Å². The SMILES string of the molecule is COc1cc(O)c(C(CC(=O)Nc2ccc(C)cc2)c2ccc3c(c2)OCO3)c(OC)c1. The Morgan fingerprint density at radius 3 is 2.50 bits per heavy atom. The van der Waals surface area contributed by atoms with E-state index in [1.807, 2.05) is 43.3 Å². The number of fused-ring (bicyclic) bond motifs is 1. The molecule has 1 amide bonds. The summed E-state index contributed by atoms with van der Waals surface area (Å²) in [4.78, 5) is 13.0. The number of aryl methyl sites for hydroxylation is 1. The molecule has 0 bridgehead atoms. The van der Waals surface area contributed by atoms with Gasteiger partial charge in [-0.25, -0.2) is 0 Å².